The molecular weight excluding hydrogens is 160 g/mol. The smallest absolute Gasteiger partial charge is 0.0955 e. The lowest BCUT2D eigenvalue weighted by molar-refractivity contribution is 0.0249. The first kappa shape index (κ1) is 13.0. The van der Waals surface area contributed by atoms with Crippen molar-refractivity contribution < 1.29 is 5.11 Å². The van der Waals surface area contributed by atoms with Gasteiger partial charge in [-0.3, -0.25) is 0 Å². The van der Waals surface area contributed by atoms with Crippen LogP contribution >= 0.6 is 0 Å². The first-order valence-electron chi connectivity index (χ1n) is 5.92. The van der Waals surface area contributed by atoms with Gasteiger partial charge in [-0.1, -0.05) is 46.5 Å². The van der Waals surface area contributed by atoms with Crippen molar-refractivity contribution in [1.82, 2.24) is 0 Å². The van der Waals surface area contributed by atoms with E-state index in [1.165, 1.54) is 25.7 Å². The Morgan fingerprint density at radius 3 is 1.69 bits per heavy atom. The van der Waals surface area contributed by atoms with Crippen molar-refractivity contribution in [1.29, 1.82) is 0 Å². The van der Waals surface area contributed by atoms with E-state index in [9.17, 15) is 5.11 Å². The second kappa shape index (κ2) is 8.55. The predicted octanol–water partition coefficient (Wildman–Crippen LogP) is 4.19. The Morgan fingerprint density at radius 1 is 0.923 bits per heavy atom. The third kappa shape index (κ3) is 6.09. The molecule has 0 saturated heterocycles. The summed E-state index contributed by atoms with van der Waals surface area (Å²) < 4.78 is 0. The zero-order valence-electron chi connectivity index (χ0n) is 9.51. The summed E-state index contributed by atoms with van der Waals surface area (Å²) in [6, 6.07) is 0. The SMILES string of the molecule is CCCCC(CCCC)C([O])CC. The van der Waals surface area contributed by atoms with Gasteiger partial charge in [0, 0.05) is 0 Å². The highest BCUT2D eigenvalue weighted by molar-refractivity contribution is 4.67. The molecule has 1 radical (unpaired) electrons. The van der Waals surface area contributed by atoms with E-state index in [1.54, 1.807) is 0 Å². The lowest BCUT2D eigenvalue weighted by Crippen LogP contribution is -2.18. The van der Waals surface area contributed by atoms with Crippen LogP contribution in [0.15, 0.2) is 0 Å². The molecule has 13 heavy (non-hydrogen) atoms. The summed E-state index contributed by atoms with van der Waals surface area (Å²) in [5, 5.41) is 11.6. The lowest BCUT2D eigenvalue weighted by Gasteiger charge is -2.19. The van der Waals surface area contributed by atoms with Gasteiger partial charge in [-0.25, -0.2) is 5.11 Å². The molecule has 0 bridgehead atoms. The highest BCUT2D eigenvalue weighted by Crippen LogP contribution is 2.21. The van der Waals surface area contributed by atoms with Gasteiger partial charge in [0.15, 0.2) is 0 Å². The summed E-state index contributed by atoms with van der Waals surface area (Å²) in [7, 11) is 0. The normalized spacial score (nSPS) is 13.6. The second-order valence-corrected chi connectivity index (χ2v) is 3.99. The molecule has 0 heterocycles. The van der Waals surface area contributed by atoms with Crippen LogP contribution in [-0.4, -0.2) is 6.10 Å². The second-order valence-electron chi connectivity index (χ2n) is 3.99. The maximum Gasteiger partial charge on any atom is 0.0955 e. The molecule has 0 aliphatic heterocycles. The van der Waals surface area contributed by atoms with Crippen LogP contribution in [0.2, 0.25) is 0 Å². The van der Waals surface area contributed by atoms with Crippen LogP contribution in [0.3, 0.4) is 0 Å². The molecule has 79 valence electrons. The molecule has 0 amide bonds. The van der Waals surface area contributed by atoms with Gasteiger partial charge < -0.3 is 0 Å². The van der Waals surface area contributed by atoms with Crippen molar-refractivity contribution in [3.8, 4) is 0 Å². The fraction of sp³-hybridized carbons (Fsp3) is 1.00. The molecule has 1 heteroatoms. The molecule has 0 fully saturated rings. The highest BCUT2D eigenvalue weighted by atomic mass is 16.3. The van der Waals surface area contributed by atoms with Gasteiger partial charge in [0.1, 0.15) is 0 Å². The largest absolute Gasteiger partial charge is 0.233 e. The number of hydrogen-bond acceptors (Lipinski definition) is 0. The van der Waals surface area contributed by atoms with E-state index in [2.05, 4.69) is 13.8 Å². The van der Waals surface area contributed by atoms with Crippen molar-refractivity contribution in [2.75, 3.05) is 0 Å². The Hall–Kier alpha value is -0.0400. The van der Waals surface area contributed by atoms with E-state index < -0.39 is 0 Å². The number of hydrogen-bond donors (Lipinski definition) is 0. The van der Waals surface area contributed by atoms with Crippen molar-refractivity contribution in [3.63, 3.8) is 0 Å². The third-order valence-electron chi connectivity index (χ3n) is 2.79. The molecule has 0 N–H and O–H groups in total. The Bertz CT molecular complexity index is 93.3. The highest BCUT2D eigenvalue weighted by Gasteiger charge is 2.17. The van der Waals surface area contributed by atoms with Gasteiger partial charge >= 0.3 is 0 Å². The predicted molar refractivity (Wildman–Crippen MR) is 57.3 cm³/mol. The lowest BCUT2D eigenvalue weighted by atomic mass is 9.89. The average molecular weight is 185 g/mol. The molecular formula is C12H25O. The van der Waals surface area contributed by atoms with Crippen LogP contribution in [0, 0.1) is 5.92 Å². The van der Waals surface area contributed by atoms with Crippen LogP contribution < -0.4 is 0 Å². The van der Waals surface area contributed by atoms with Gasteiger partial charge in [-0.15, -0.1) is 0 Å². The summed E-state index contributed by atoms with van der Waals surface area (Å²) >= 11 is 0. The van der Waals surface area contributed by atoms with Crippen LogP contribution in [0.4, 0.5) is 0 Å². The van der Waals surface area contributed by atoms with Crippen LogP contribution in [0.5, 0.6) is 0 Å². The van der Waals surface area contributed by atoms with Gasteiger partial charge in [0.2, 0.25) is 0 Å². The molecule has 0 spiro atoms. The molecule has 1 atom stereocenters. The minimum Gasteiger partial charge on any atom is -0.233 e. The Labute approximate surface area is 83.5 Å². The average Bonchev–Trinajstić information content (AvgIpc) is 2.17. The fourth-order valence-corrected chi connectivity index (χ4v) is 1.78. The zero-order valence-corrected chi connectivity index (χ0v) is 9.51. The Kier molecular flexibility index (Phi) is 8.53. The standard InChI is InChI=1S/C12H25O/c1-4-7-9-11(10-8-5-2)12(13)6-3/h11-12H,4-10H2,1-3H3. The third-order valence-corrected chi connectivity index (χ3v) is 2.79. The van der Waals surface area contributed by atoms with Crippen molar-refractivity contribution >= 4 is 0 Å². The molecule has 1 unspecified atom stereocenters. The number of rotatable bonds is 8. The Balaban J connectivity index is 3.72. The molecule has 0 aliphatic carbocycles. The molecule has 0 rings (SSSR count). The maximum absolute atomic E-state index is 11.6. The first-order valence-corrected chi connectivity index (χ1v) is 5.92. The Morgan fingerprint density at radius 2 is 1.38 bits per heavy atom. The first-order chi connectivity index (χ1) is 6.26. The maximum atomic E-state index is 11.6. The fourth-order valence-electron chi connectivity index (χ4n) is 1.78. The summed E-state index contributed by atoms with van der Waals surface area (Å²) in [5.74, 6) is 0.449. The monoisotopic (exact) mass is 185 g/mol. The molecule has 0 aromatic carbocycles. The topological polar surface area (TPSA) is 19.9 Å². The van der Waals surface area contributed by atoms with Gasteiger partial charge in [0.25, 0.3) is 0 Å². The van der Waals surface area contributed by atoms with Crippen molar-refractivity contribution in [2.45, 2.75) is 71.8 Å². The summed E-state index contributed by atoms with van der Waals surface area (Å²) in [4.78, 5) is 0. The van der Waals surface area contributed by atoms with Crippen LogP contribution in [-0.2, 0) is 5.11 Å². The van der Waals surface area contributed by atoms with Gasteiger partial charge in [-0.05, 0) is 25.2 Å². The van der Waals surface area contributed by atoms with E-state index in [1.807, 2.05) is 6.92 Å². The summed E-state index contributed by atoms with van der Waals surface area (Å²) in [5.41, 5.74) is 0. The minimum absolute atomic E-state index is 0.307. The van der Waals surface area contributed by atoms with E-state index in [0.29, 0.717) is 5.92 Å². The zero-order chi connectivity index (χ0) is 10.1. The van der Waals surface area contributed by atoms with Crippen LogP contribution in [0.1, 0.15) is 65.7 Å². The number of unbranched alkanes of at least 4 members (excludes halogenated alkanes) is 2. The van der Waals surface area contributed by atoms with E-state index in [4.69, 9.17) is 0 Å². The van der Waals surface area contributed by atoms with Gasteiger partial charge in [-0.2, -0.15) is 0 Å². The van der Waals surface area contributed by atoms with E-state index in [0.717, 1.165) is 19.3 Å². The van der Waals surface area contributed by atoms with Crippen LogP contribution in [0.25, 0.3) is 0 Å². The molecule has 1 nitrogen and oxygen atoms in total. The molecule has 0 aromatic heterocycles. The minimum atomic E-state index is -0.307. The molecule has 0 aromatic rings. The molecule has 0 aliphatic rings. The molecule has 0 saturated carbocycles. The summed E-state index contributed by atoms with van der Waals surface area (Å²) in [6.07, 6.45) is 7.70. The van der Waals surface area contributed by atoms with Gasteiger partial charge in [0.05, 0.1) is 6.10 Å². The quantitative estimate of drug-likeness (QED) is 0.540. The van der Waals surface area contributed by atoms with Crippen molar-refractivity contribution in [3.05, 3.63) is 0 Å². The van der Waals surface area contributed by atoms with Crippen molar-refractivity contribution in [2.24, 2.45) is 5.92 Å². The summed E-state index contributed by atoms with van der Waals surface area (Å²) in [6.45, 7) is 6.41. The van der Waals surface area contributed by atoms with E-state index >= 15 is 0 Å². The van der Waals surface area contributed by atoms with E-state index in [-0.39, 0.29) is 6.10 Å².